The Morgan fingerprint density at radius 1 is 1.23 bits per heavy atom. The maximum absolute atomic E-state index is 12.8. The SMILES string of the molecule is COC(=O)c1cn(C2CN(C(=O)c3cn[nH]c3-c3ccccc3)C2)nn1. The molecule has 0 saturated carbocycles. The summed E-state index contributed by atoms with van der Waals surface area (Å²) in [6.45, 7) is 0.977. The van der Waals surface area contributed by atoms with E-state index in [0.29, 0.717) is 24.3 Å². The van der Waals surface area contributed by atoms with Crippen LogP contribution in [-0.2, 0) is 4.74 Å². The molecular weight excluding hydrogens is 336 g/mol. The molecule has 9 nitrogen and oxygen atoms in total. The molecule has 0 unspecified atom stereocenters. The van der Waals surface area contributed by atoms with E-state index in [-0.39, 0.29) is 17.6 Å². The van der Waals surface area contributed by atoms with E-state index in [1.165, 1.54) is 13.3 Å². The molecule has 3 heterocycles. The molecule has 1 amide bonds. The zero-order chi connectivity index (χ0) is 18.1. The summed E-state index contributed by atoms with van der Waals surface area (Å²) in [5, 5.41) is 14.6. The van der Waals surface area contributed by atoms with Gasteiger partial charge in [0, 0.05) is 18.7 Å². The van der Waals surface area contributed by atoms with Gasteiger partial charge in [-0.1, -0.05) is 35.5 Å². The van der Waals surface area contributed by atoms with Gasteiger partial charge in [-0.15, -0.1) is 5.10 Å². The van der Waals surface area contributed by atoms with Crippen LogP contribution in [0, 0.1) is 0 Å². The second kappa shape index (κ2) is 6.43. The Morgan fingerprint density at radius 2 is 2.00 bits per heavy atom. The number of hydrogen-bond donors (Lipinski definition) is 1. The molecule has 1 aliphatic rings. The van der Waals surface area contributed by atoms with E-state index in [2.05, 4.69) is 25.2 Å². The number of amides is 1. The lowest BCUT2D eigenvalue weighted by molar-refractivity contribution is 0.0497. The molecule has 0 atom stereocenters. The van der Waals surface area contributed by atoms with Crippen LogP contribution in [-0.4, -0.2) is 62.2 Å². The van der Waals surface area contributed by atoms with Crippen molar-refractivity contribution in [2.45, 2.75) is 6.04 Å². The van der Waals surface area contributed by atoms with Crippen molar-refractivity contribution in [3.63, 3.8) is 0 Å². The van der Waals surface area contributed by atoms with Crippen molar-refractivity contribution in [2.75, 3.05) is 20.2 Å². The first kappa shape index (κ1) is 16.0. The van der Waals surface area contributed by atoms with Crippen molar-refractivity contribution in [2.24, 2.45) is 0 Å². The number of benzene rings is 1. The van der Waals surface area contributed by atoms with E-state index in [4.69, 9.17) is 0 Å². The van der Waals surface area contributed by atoms with Gasteiger partial charge in [0.15, 0.2) is 5.69 Å². The summed E-state index contributed by atoms with van der Waals surface area (Å²) in [7, 11) is 1.29. The number of esters is 1. The maximum Gasteiger partial charge on any atom is 0.360 e. The number of hydrogen-bond acceptors (Lipinski definition) is 6. The number of methoxy groups -OCH3 is 1. The largest absolute Gasteiger partial charge is 0.464 e. The second-order valence-corrected chi connectivity index (χ2v) is 5.96. The number of rotatable bonds is 4. The predicted octanol–water partition coefficient (Wildman–Crippen LogP) is 1.15. The molecule has 1 aliphatic heterocycles. The summed E-state index contributed by atoms with van der Waals surface area (Å²) in [5.41, 5.74) is 2.29. The molecule has 1 N–H and O–H groups in total. The highest BCUT2D eigenvalue weighted by atomic mass is 16.5. The van der Waals surface area contributed by atoms with Gasteiger partial charge in [0.1, 0.15) is 0 Å². The highest BCUT2D eigenvalue weighted by Crippen LogP contribution is 2.27. The van der Waals surface area contributed by atoms with Crippen LogP contribution in [0.3, 0.4) is 0 Å². The Hall–Kier alpha value is -3.49. The van der Waals surface area contributed by atoms with Crippen LogP contribution in [0.4, 0.5) is 0 Å². The van der Waals surface area contributed by atoms with Crippen molar-refractivity contribution in [1.29, 1.82) is 0 Å². The van der Waals surface area contributed by atoms with Crippen LogP contribution in [0.15, 0.2) is 42.7 Å². The first-order valence-electron chi connectivity index (χ1n) is 8.05. The molecule has 0 spiro atoms. The fourth-order valence-corrected chi connectivity index (χ4v) is 2.89. The minimum Gasteiger partial charge on any atom is -0.464 e. The summed E-state index contributed by atoms with van der Waals surface area (Å²) < 4.78 is 6.20. The molecular formula is C17H16N6O3. The highest BCUT2D eigenvalue weighted by Gasteiger charge is 2.35. The number of aromatic nitrogens is 5. The van der Waals surface area contributed by atoms with E-state index in [9.17, 15) is 9.59 Å². The first-order chi connectivity index (χ1) is 12.7. The molecule has 1 aromatic carbocycles. The molecule has 26 heavy (non-hydrogen) atoms. The Morgan fingerprint density at radius 3 is 2.73 bits per heavy atom. The van der Waals surface area contributed by atoms with Crippen molar-refractivity contribution < 1.29 is 14.3 Å². The van der Waals surface area contributed by atoms with Crippen molar-refractivity contribution in [3.8, 4) is 11.3 Å². The number of ether oxygens (including phenoxy) is 1. The van der Waals surface area contributed by atoms with Gasteiger partial charge in [-0.25, -0.2) is 9.48 Å². The topological polar surface area (TPSA) is 106 Å². The third-order valence-corrected chi connectivity index (χ3v) is 4.36. The van der Waals surface area contributed by atoms with Gasteiger partial charge in [0.05, 0.1) is 36.8 Å². The van der Waals surface area contributed by atoms with Gasteiger partial charge in [-0.3, -0.25) is 9.89 Å². The molecule has 1 fully saturated rings. The van der Waals surface area contributed by atoms with Gasteiger partial charge in [-0.05, 0) is 0 Å². The second-order valence-electron chi connectivity index (χ2n) is 5.96. The number of nitrogens with zero attached hydrogens (tertiary/aromatic N) is 5. The molecule has 132 valence electrons. The number of likely N-dealkylation sites (tertiary alicyclic amines) is 1. The van der Waals surface area contributed by atoms with E-state index >= 15 is 0 Å². The van der Waals surface area contributed by atoms with Gasteiger partial charge in [-0.2, -0.15) is 5.10 Å². The molecule has 9 heteroatoms. The predicted molar refractivity (Wildman–Crippen MR) is 90.3 cm³/mol. The van der Waals surface area contributed by atoms with Crippen molar-refractivity contribution in [3.05, 3.63) is 54.0 Å². The lowest BCUT2D eigenvalue weighted by atomic mass is 10.0. The third kappa shape index (κ3) is 2.73. The van der Waals surface area contributed by atoms with Gasteiger partial charge in [0.25, 0.3) is 5.91 Å². The fourth-order valence-electron chi connectivity index (χ4n) is 2.89. The summed E-state index contributed by atoms with van der Waals surface area (Å²) in [6, 6.07) is 9.57. The van der Waals surface area contributed by atoms with Crippen molar-refractivity contribution >= 4 is 11.9 Å². The van der Waals surface area contributed by atoms with E-state index in [1.807, 2.05) is 30.3 Å². The average Bonchev–Trinajstić information content (AvgIpc) is 3.30. The number of nitrogens with one attached hydrogen (secondary N) is 1. The summed E-state index contributed by atoms with van der Waals surface area (Å²) in [6.07, 6.45) is 3.08. The summed E-state index contributed by atoms with van der Waals surface area (Å²) in [4.78, 5) is 25.9. The molecule has 2 aromatic heterocycles. The van der Waals surface area contributed by atoms with Crippen LogP contribution in [0.5, 0.6) is 0 Å². The van der Waals surface area contributed by atoms with Crippen LogP contribution in [0.1, 0.15) is 26.9 Å². The van der Waals surface area contributed by atoms with E-state index in [1.54, 1.807) is 15.8 Å². The zero-order valence-electron chi connectivity index (χ0n) is 14.0. The lowest BCUT2D eigenvalue weighted by Gasteiger charge is -2.38. The van der Waals surface area contributed by atoms with Gasteiger partial charge in [0.2, 0.25) is 0 Å². The molecule has 1 saturated heterocycles. The minimum atomic E-state index is -0.533. The molecule has 0 bridgehead atoms. The van der Waals surface area contributed by atoms with Crippen LogP contribution >= 0.6 is 0 Å². The molecule has 0 radical (unpaired) electrons. The summed E-state index contributed by atoms with van der Waals surface area (Å²) >= 11 is 0. The Bertz CT molecular complexity index is 942. The Balaban J connectivity index is 1.45. The number of H-pyrrole nitrogens is 1. The van der Waals surface area contributed by atoms with Crippen LogP contribution in [0.25, 0.3) is 11.3 Å². The molecule has 3 aromatic rings. The van der Waals surface area contributed by atoms with E-state index < -0.39 is 5.97 Å². The molecule has 4 rings (SSSR count). The highest BCUT2D eigenvalue weighted by molar-refractivity contribution is 6.00. The van der Waals surface area contributed by atoms with Gasteiger partial charge >= 0.3 is 5.97 Å². The first-order valence-corrected chi connectivity index (χ1v) is 8.05. The average molecular weight is 352 g/mol. The number of carbonyl (C=O) groups excluding carboxylic acids is 2. The Kier molecular flexibility index (Phi) is 3.96. The van der Waals surface area contributed by atoms with Crippen LogP contribution in [0.2, 0.25) is 0 Å². The third-order valence-electron chi connectivity index (χ3n) is 4.36. The normalized spacial score (nSPS) is 14.1. The fraction of sp³-hybridized carbons (Fsp3) is 0.235. The standard InChI is InChI=1S/C17H16N6O3/c1-26-17(25)14-10-23(21-19-14)12-8-22(9-12)16(24)13-7-18-20-15(13)11-5-3-2-4-6-11/h2-7,10,12H,8-9H2,1H3,(H,18,20). The molecule has 0 aliphatic carbocycles. The van der Waals surface area contributed by atoms with E-state index in [0.717, 1.165) is 5.56 Å². The Labute approximate surface area is 148 Å². The maximum atomic E-state index is 12.8. The minimum absolute atomic E-state index is 0.0167. The monoisotopic (exact) mass is 352 g/mol. The van der Waals surface area contributed by atoms with Crippen LogP contribution < -0.4 is 0 Å². The van der Waals surface area contributed by atoms with Gasteiger partial charge < -0.3 is 9.64 Å². The lowest BCUT2D eigenvalue weighted by Crippen LogP contribution is -2.50. The number of aromatic amines is 1. The number of carbonyl (C=O) groups is 2. The summed E-state index contributed by atoms with van der Waals surface area (Å²) in [5.74, 6) is -0.628. The smallest absolute Gasteiger partial charge is 0.360 e. The van der Waals surface area contributed by atoms with Crippen molar-refractivity contribution in [1.82, 2.24) is 30.1 Å². The quantitative estimate of drug-likeness (QED) is 0.706. The zero-order valence-corrected chi connectivity index (χ0v) is 14.0.